The van der Waals surface area contributed by atoms with Crippen LogP contribution in [0.1, 0.15) is 29.3 Å². The normalized spacial score (nSPS) is 21.2. The highest BCUT2D eigenvalue weighted by Crippen LogP contribution is 2.32. The van der Waals surface area contributed by atoms with Gasteiger partial charge < -0.3 is 15.4 Å². The number of anilines is 1. The van der Waals surface area contributed by atoms with Gasteiger partial charge in [0.05, 0.1) is 24.7 Å². The maximum absolute atomic E-state index is 12.4. The van der Waals surface area contributed by atoms with E-state index in [1.54, 1.807) is 0 Å². The monoisotopic (exact) mass is 307 g/mol. The lowest BCUT2D eigenvalue weighted by molar-refractivity contribution is -0.120. The van der Waals surface area contributed by atoms with Gasteiger partial charge in [-0.15, -0.1) is 11.3 Å². The number of carbonyl (C=O) groups is 1. The van der Waals surface area contributed by atoms with Gasteiger partial charge in [-0.25, -0.2) is 0 Å². The lowest BCUT2D eigenvalue weighted by atomic mass is 10.0. The van der Waals surface area contributed by atoms with Crippen molar-refractivity contribution in [3.63, 3.8) is 0 Å². The van der Waals surface area contributed by atoms with Crippen LogP contribution in [0.5, 0.6) is 0 Å². The summed E-state index contributed by atoms with van der Waals surface area (Å²) in [6.07, 6.45) is 1.02. The molecule has 0 aliphatic carbocycles. The van der Waals surface area contributed by atoms with Crippen LogP contribution < -0.4 is 10.6 Å². The van der Waals surface area contributed by atoms with Gasteiger partial charge in [-0.1, -0.05) is 6.92 Å². The van der Waals surface area contributed by atoms with E-state index < -0.39 is 0 Å². The van der Waals surface area contributed by atoms with E-state index in [1.165, 1.54) is 11.3 Å². The number of ether oxygens (including phenoxy) is 1. The molecule has 1 fully saturated rings. The molecule has 114 valence electrons. The van der Waals surface area contributed by atoms with Crippen LogP contribution >= 0.6 is 11.3 Å². The smallest absolute Gasteiger partial charge is 0.232 e. The molecule has 1 saturated heterocycles. The van der Waals surface area contributed by atoms with Crippen molar-refractivity contribution in [3.8, 4) is 6.07 Å². The molecule has 1 aromatic rings. The molecule has 1 aliphatic heterocycles. The van der Waals surface area contributed by atoms with Gasteiger partial charge in [0.1, 0.15) is 11.1 Å². The Morgan fingerprint density at radius 1 is 1.48 bits per heavy atom. The molecule has 2 unspecified atom stereocenters. The molecule has 1 aromatic heterocycles. The van der Waals surface area contributed by atoms with E-state index in [1.807, 2.05) is 13.8 Å². The number of hydrogen-bond donors (Lipinski definition) is 2. The largest absolute Gasteiger partial charge is 0.379 e. The highest BCUT2D eigenvalue weighted by atomic mass is 32.1. The second-order valence-electron chi connectivity index (χ2n) is 5.29. The molecule has 2 rings (SSSR count). The predicted molar refractivity (Wildman–Crippen MR) is 83.5 cm³/mol. The van der Waals surface area contributed by atoms with Crippen molar-refractivity contribution in [1.29, 1.82) is 5.26 Å². The van der Waals surface area contributed by atoms with Gasteiger partial charge in [-0.2, -0.15) is 5.26 Å². The number of nitrogens with zero attached hydrogens (tertiary/aromatic N) is 1. The first-order valence-electron chi connectivity index (χ1n) is 7.20. The van der Waals surface area contributed by atoms with Crippen molar-refractivity contribution in [2.24, 2.45) is 5.92 Å². The Morgan fingerprint density at radius 2 is 2.24 bits per heavy atom. The van der Waals surface area contributed by atoms with Crippen LogP contribution in [-0.4, -0.2) is 31.7 Å². The van der Waals surface area contributed by atoms with Crippen molar-refractivity contribution >= 4 is 22.2 Å². The number of nitriles is 1. The molecule has 0 aromatic carbocycles. The molecule has 2 atom stereocenters. The Kier molecular flexibility index (Phi) is 5.34. The first kappa shape index (κ1) is 16.0. The van der Waals surface area contributed by atoms with Crippen molar-refractivity contribution in [2.75, 3.05) is 25.1 Å². The predicted octanol–water partition coefficient (Wildman–Crippen LogP) is 2.19. The fourth-order valence-electron chi connectivity index (χ4n) is 2.40. The van der Waals surface area contributed by atoms with Crippen molar-refractivity contribution < 1.29 is 9.53 Å². The van der Waals surface area contributed by atoms with Crippen LogP contribution in [0.4, 0.5) is 5.00 Å². The van der Waals surface area contributed by atoms with E-state index in [0.717, 1.165) is 23.4 Å². The molecule has 1 aliphatic rings. The van der Waals surface area contributed by atoms with E-state index in [4.69, 9.17) is 4.74 Å². The molecule has 0 spiro atoms. The zero-order valence-corrected chi connectivity index (χ0v) is 13.5. The highest BCUT2D eigenvalue weighted by molar-refractivity contribution is 7.16. The lowest BCUT2D eigenvalue weighted by Gasteiger charge is -2.18. The molecule has 1 amide bonds. The third kappa shape index (κ3) is 3.43. The summed E-state index contributed by atoms with van der Waals surface area (Å²) < 4.78 is 5.43. The Hall–Kier alpha value is -1.42. The summed E-state index contributed by atoms with van der Waals surface area (Å²) in [6, 6.07) is 2.23. The van der Waals surface area contributed by atoms with Crippen LogP contribution in [0.2, 0.25) is 0 Å². The molecule has 5 nitrogen and oxygen atoms in total. The molecule has 0 radical (unpaired) electrons. The Labute approximate surface area is 129 Å². The third-order valence-electron chi connectivity index (χ3n) is 3.81. The molecule has 21 heavy (non-hydrogen) atoms. The van der Waals surface area contributed by atoms with Crippen LogP contribution in [0.25, 0.3) is 0 Å². The SMILES string of the molecule is CCCNC1COCC1C(=O)Nc1sc(C)c(C)c1C#N. The van der Waals surface area contributed by atoms with Crippen LogP contribution in [0.15, 0.2) is 0 Å². The summed E-state index contributed by atoms with van der Waals surface area (Å²) in [5.41, 5.74) is 1.52. The quantitative estimate of drug-likeness (QED) is 0.874. The van der Waals surface area contributed by atoms with Gasteiger partial charge in [0, 0.05) is 10.9 Å². The summed E-state index contributed by atoms with van der Waals surface area (Å²) in [5.74, 6) is -0.273. The Morgan fingerprint density at radius 3 is 2.90 bits per heavy atom. The number of carbonyl (C=O) groups excluding carboxylic acids is 1. The van der Waals surface area contributed by atoms with Gasteiger partial charge in [0.2, 0.25) is 5.91 Å². The van der Waals surface area contributed by atoms with E-state index in [2.05, 4.69) is 23.6 Å². The number of amides is 1. The minimum atomic E-state index is -0.203. The topological polar surface area (TPSA) is 74.2 Å². The fraction of sp³-hybridized carbons (Fsp3) is 0.600. The number of hydrogen-bond acceptors (Lipinski definition) is 5. The third-order valence-corrected chi connectivity index (χ3v) is 4.93. The highest BCUT2D eigenvalue weighted by Gasteiger charge is 2.34. The first-order chi connectivity index (χ1) is 10.1. The molecular weight excluding hydrogens is 286 g/mol. The fourth-order valence-corrected chi connectivity index (χ4v) is 3.41. The number of aryl methyl sites for hydroxylation is 1. The molecule has 6 heteroatoms. The number of rotatable bonds is 5. The zero-order chi connectivity index (χ0) is 15.4. The van der Waals surface area contributed by atoms with Gasteiger partial charge in [-0.3, -0.25) is 4.79 Å². The molecule has 0 saturated carbocycles. The van der Waals surface area contributed by atoms with E-state index in [0.29, 0.717) is 23.8 Å². The summed E-state index contributed by atoms with van der Waals surface area (Å²) in [7, 11) is 0. The van der Waals surface area contributed by atoms with Gasteiger partial charge in [0.15, 0.2) is 0 Å². The summed E-state index contributed by atoms with van der Waals surface area (Å²) >= 11 is 1.46. The lowest BCUT2D eigenvalue weighted by Crippen LogP contribution is -2.41. The molecular formula is C15H21N3O2S. The Bertz CT molecular complexity index is 562. The Balaban J connectivity index is 2.08. The maximum Gasteiger partial charge on any atom is 0.232 e. The van der Waals surface area contributed by atoms with Crippen molar-refractivity contribution in [2.45, 2.75) is 33.2 Å². The minimum Gasteiger partial charge on any atom is -0.379 e. The van der Waals surface area contributed by atoms with E-state index in [9.17, 15) is 10.1 Å². The van der Waals surface area contributed by atoms with Crippen LogP contribution in [0.3, 0.4) is 0 Å². The molecule has 2 N–H and O–H groups in total. The summed E-state index contributed by atoms with van der Waals surface area (Å²) in [4.78, 5) is 13.5. The number of thiophene rings is 1. The molecule has 2 heterocycles. The zero-order valence-electron chi connectivity index (χ0n) is 12.7. The summed E-state index contributed by atoms with van der Waals surface area (Å²) in [5, 5.41) is 16.1. The second-order valence-corrected chi connectivity index (χ2v) is 6.52. The van der Waals surface area contributed by atoms with Crippen molar-refractivity contribution in [1.82, 2.24) is 5.32 Å². The average molecular weight is 307 g/mol. The van der Waals surface area contributed by atoms with Crippen LogP contribution in [-0.2, 0) is 9.53 Å². The number of nitrogens with one attached hydrogen (secondary N) is 2. The summed E-state index contributed by atoms with van der Waals surface area (Å²) in [6.45, 7) is 7.82. The van der Waals surface area contributed by atoms with E-state index >= 15 is 0 Å². The maximum atomic E-state index is 12.4. The van der Waals surface area contributed by atoms with Crippen molar-refractivity contribution in [3.05, 3.63) is 16.0 Å². The first-order valence-corrected chi connectivity index (χ1v) is 8.02. The van der Waals surface area contributed by atoms with Gasteiger partial charge >= 0.3 is 0 Å². The van der Waals surface area contributed by atoms with Gasteiger partial charge in [0.25, 0.3) is 0 Å². The standard InChI is InChI=1S/C15H21N3O2S/c1-4-5-17-13-8-20-7-12(13)14(19)18-15-11(6-16)9(2)10(3)21-15/h12-13,17H,4-5,7-8H2,1-3H3,(H,18,19). The van der Waals surface area contributed by atoms with E-state index in [-0.39, 0.29) is 17.9 Å². The second kappa shape index (κ2) is 7.03. The molecule has 0 bridgehead atoms. The van der Waals surface area contributed by atoms with Gasteiger partial charge in [-0.05, 0) is 32.4 Å². The van der Waals surface area contributed by atoms with Crippen LogP contribution in [0, 0.1) is 31.1 Å². The minimum absolute atomic E-state index is 0.0534. The average Bonchev–Trinajstić information content (AvgIpc) is 3.02.